The average molecular weight is 1060 g/mol. The van der Waals surface area contributed by atoms with Gasteiger partial charge in [-0.1, -0.05) is 34.3 Å². The summed E-state index contributed by atoms with van der Waals surface area (Å²) < 4.78 is 42.8. The number of rotatable bonds is 12. The first-order chi connectivity index (χ1) is 36.3. The summed E-state index contributed by atoms with van der Waals surface area (Å²) in [6.07, 6.45) is 0.294. The number of phenols is 3. The van der Waals surface area contributed by atoms with Gasteiger partial charge in [0.25, 0.3) is 11.5 Å². The van der Waals surface area contributed by atoms with E-state index >= 15 is 0 Å². The van der Waals surface area contributed by atoms with E-state index < -0.39 is 39.5 Å². The number of aromatic hydroxyl groups is 3. The normalized spacial score (nSPS) is 18.0. The number of benzene rings is 3. The molecule has 0 spiro atoms. The first kappa shape index (κ1) is 53.1. The maximum atomic E-state index is 14.2. The molecule has 2 saturated heterocycles. The third-order valence-electron chi connectivity index (χ3n) is 15.1. The highest BCUT2D eigenvalue weighted by molar-refractivity contribution is 7.89. The van der Waals surface area contributed by atoms with Crippen LogP contribution in [-0.2, 0) is 59.1 Å². The van der Waals surface area contributed by atoms with Crippen LogP contribution < -0.4 is 15.8 Å². The molecule has 1 atom stereocenters. The summed E-state index contributed by atoms with van der Waals surface area (Å²) in [7, 11) is -2.57. The number of aliphatic imine (C=N–C) groups is 1. The van der Waals surface area contributed by atoms with E-state index in [2.05, 4.69) is 16.9 Å². The van der Waals surface area contributed by atoms with Gasteiger partial charge in [0.2, 0.25) is 21.5 Å². The molecular formula is C55H62N8O12S. The molecule has 3 amide bonds. The predicted octanol–water partition coefficient (Wildman–Crippen LogP) is 5.80. The van der Waals surface area contributed by atoms with E-state index in [1.54, 1.807) is 53.6 Å². The van der Waals surface area contributed by atoms with Crippen LogP contribution in [0.15, 0.2) is 87.6 Å². The van der Waals surface area contributed by atoms with E-state index in [0.717, 1.165) is 16.5 Å². The number of nitrogens with zero attached hydrogens (tertiary/aromatic N) is 7. The number of phenolic OH excluding ortho intramolecular Hbond substituents is 3. The summed E-state index contributed by atoms with van der Waals surface area (Å²) in [5, 5.41) is 35.3. The summed E-state index contributed by atoms with van der Waals surface area (Å²) in [6, 6.07) is 15.3. The fourth-order valence-corrected chi connectivity index (χ4v) is 12.4. The Labute approximate surface area is 439 Å². The van der Waals surface area contributed by atoms with Gasteiger partial charge in [0.1, 0.15) is 35.4 Å². The monoisotopic (exact) mass is 1060 g/mol. The van der Waals surface area contributed by atoms with E-state index in [9.17, 15) is 47.7 Å². The average Bonchev–Trinajstić information content (AvgIpc) is 3.95. The number of likely N-dealkylation sites (N-methyl/N-ethyl adjacent to an activating group) is 1. The van der Waals surface area contributed by atoms with Crippen LogP contribution in [0.4, 0.5) is 10.5 Å². The zero-order chi connectivity index (χ0) is 54.5. The summed E-state index contributed by atoms with van der Waals surface area (Å²) in [5.74, 6) is -2.27. The van der Waals surface area contributed by atoms with Crippen LogP contribution in [0.3, 0.4) is 0 Å². The Kier molecular flexibility index (Phi) is 14.5. The highest BCUT2D eigenvalue weighted by Crippen LogP contribution is 2.43. The van der Waals surface area contributed by atoms with Crippen molar-refractivity contribution in [2.24, 2.45) is 10.9 Å². The maximum absolute atomic E-state index is 14.2. The SMILES string of the molecule is C=C(C(=O)NCC)N(C(=NC)c1cc(C(C)C)c(O)cc1O)c1ccc(S(=O)(=O)N2CCC(C(=O)N3CCN(C(=O)OC4(CC)C(=O)OCc5c4cc4n(c5=O)Cc5c-4nc4ccc(O)cc4c5CC)CC3)CC2)cc1. The summed E-state index contributed by atoms with van der Waals surface area (Å²) in [5.41, 5.74) is 2.60. The molecule has 21 heteroatoms. The molecule has 2 aromatic heterocycles. The number of amides is 3. The number of carbonyl (C=O) groups is 4. The van der Waals surface area contributed by atoms with Crippen LogP contribution in [0, 0.1) is 5.92 Å². The lowest BCUT2D eigenvalue weighted by Crippen LogP contribution is -2.55. The number of cyclic esters (lactones) is 1. The second-order valence-corrected chi connectivity index (χ2v) is 21.6. The summed E-state index contributed by atoms with van der Waals surface area (Å²) in [4.78, 5) is 83.0. The number of carbonyl (C=O) groups excluding carboxylic acids is 4. The zero-order valence-corrected chi connectivity index (χ0v) is 44.2. The van der Waals surface area contributed by atoms with Crippen molar-refractivity contribution in [1.29, 1.82) is 0 Å². The Morgan fingerprint density at radius 3 is 2.24 bits per heavy atom. The highest BCUT2D eigenvalue weighted by Gasteiger charge is 2.51. The molecule has 4 aliphatic heterocycles. The van der Waals surface area contributed by atoms with Crippen molar-refractivity contribution in [3.63, 3.8) is 0 Å². The van der Waals surface area contributed by atoms with Gasteiger partial charge in [0.15, 0.2) is 0 Å². The van der Waals surface area contributed by atoms with Crippen molar-refractivity contribution in [2.45, 2.75) is 89.9 Å². The van der Waals surface area contributed by atoms with Gasteiger partial charge in [-0.15, -0.1) is 0 Å². The quantitative estimate of drug-likeness (QED) is 0.0489. The fourth-order valence-electron chi connectivity index (χ4n) is 10.9. The number of piperazine rings is 1. The molecule has 76 heavy (non-hydrogen) atoms. The molecule has 5 aromatic rings. The van der Waals surface area contributed by atoms with Gasteiger partial charge in [-0.25, -0.2) is 23.0 Å². The smallest absolute Gasteiger partial charge is 0.411 e. The molecule has 1 unspecified atom stereocenters. The first-order valence-electron chi connectivity index (χ1n) is 25.5. The van der Waals surface area contributed by atoms with E-state index in [4.69, 9.17) is 14.5 Å². The third-order valence-corrected chi connectivity index (χ3v) is 17.0. The van der Waals surface area contributed by atoms with E-state index in [-0.39, 0.29) is 139 Å². The van der Waals surface area contributed by atoms with Gasteiger partial charge >= 0.3 is 12.1 Å². The Bertz CT molecular complexity index is 3410. The van der Waals surface area contributed by atoms with Gasteiger partial charge < -0.3 is 44.5 Å². The lowest BCUT2D eigenvalue weighted by molar-refractivity contribution is -0.173. The van der Waals surface area contributed by atoms with Crippen LogP contribution in [0.5, 0.6) is 17.2 Å². The van der Waals surface area contributed by atoms with Crippen molar-refractivity contribution < 1.29 is 52.4 Å². The molecule has 3 aromatic carbocycles. The van der Waals surface area contributed by atoms with Gasteiger partial charge in [0.05, 0.1) is 39.5 Å². The number of piperidine rings is 1. The molecule has 0 aliphatic carbocycles. The number of pyridine rings is 2. The molecule has 4 N–H and O–H groups in total. The minimum absolute atomic E-state index is 0.0209. The van der Waals surface area contributed by atoms with Crippen LogP contribution in [0.25, 0.3) is 22.3 Å². The van der Waals surface area contributed by atoms with Crippen LogP contribution in [0.2, 0.25) is 0 Å². The minimum Gasteiger partial charge on any atom is -0.508 e. The summed E-state index contributed by atoms with van der Waals surface area (Å²) in [6.45, 7) is 14.1. The van der Waals surface area contributed by atoms with E-state index in [1.165, 1.54) is 51.5 Å². The molecule has 4 aliphatic rings. The highest BCUT2D eigenvalue weighted by atomic mass is 32.2. The molecule has 0 bridgehead atoms. The predicted molar refractivity (Wildman–Crippen MR) is 283 cm³/mol. The van der Waals surface area contributed by atoms with Crippen LogP contribution >= 0.6 is 0 Å². The number of ether oxygens (including phenoxy) is 2. The van der Waals surface area contributed by atoms with Crippen LogP contribution in [0.1, 0.15) is 93.2 Å². The molecule has 9 rings (SSSR count). The Morgan fingerprint density at radius 1 is 0.921 bits per heavy atom. The zero-order valence-electron chi connectivity index (χ0n) is 43.4. The number of hydrogen-bond donors (Lipinski definition) is 4. The Morgan fingerprint density at radius 2 is 1.61 bits per heavy atom. The molecule has 20 nitrogen and oxygen atoms in total. The van der Waals surface area contributed by atoms with E-state index in [1.807, 2.05) is 20.8 Å². The Balaban J connectivity index is 0.851. The Hall–Kier alpha value is -7.78. The summed E-state index contributed by atoms with van der Waals surface area (Å²) >= 11 is 0. The molecule has 0 radical (unpaired) electrons. The number of anilines is 1. The molecule has 0 saturated carbocycles. The molecule has 6 heterocycles. The second kappa shape index (κ2) is 20.7. The standard InChI is InChI=1S/C55H62N8O12S/c1-8-37-39-25-35(64)13-16-44(39)58-48-41(37)29-62-45(48)27-43-42(52(62)69)30-74-53(70)55(43,9-2)75-54(71)60-23-21-59(22-24-60)51(68)33-17-19-61(20-18-33)76(72,73)36-14-11-34(12-15-36)63(32(6)50(67)57-10-3)49(56-7)40-26-38(31(4)5)46(65)28-47(40)66/h11-16,25-28,31,33,64-66H,6,8-10,17-24,29-30H2,1-5,7H3,(H,57,67). The van der Waals surface area contributed by atoms with Gasteiger partial charge in [0, 0.05) is 87.0 Å². The first-order valence-corrected chi connectivity index (χ1v) is 27.0. The molecule has 400 valence electrons. The van der Waals surface area contributed by atoms with Crippen LogP contribution in [-0.4, -0.2) is 130 Å². The maximum Gasteiger partial charge on any atom is 0.411 e. The molecular weight excluding hydrogens is 997 g/mol. The van der Waals surface area contributed by atoms with E-state index in [0.29, 0.717) is 41.1 Å². The number of nitrogens with one attached hydrogen (secondary N) is 1. The lowest BCUT2D eigenvalue weighted by atomic mass is 9.85. The topological polar surface area (TPSA) is 254 Å². The minimum atomic E-state index is -4.05. The molecule has 2 fully saturated rings. The lowest BCUT2D eigenvalue weighted by Gasteiger charge is -2.40. The number of fused-ring (bicyclic) bond motifs is 5. The van der Waals surface area contributed by atoms with Crippen molar-refractivity contribution in [2.75, 3.05) is 57.8 Å². The van der Waals surface area contributed by atoms with Crippen molar-refractivity contribution in [1.82, 2.24) is 29.0 Å². The van der Waals surface area contributed by atoms with Gasteiger partial charge in [-0.3, -0.25) is 24.3 Å². The van der Waals surface area contributed by atoms with Crippen molar-refractivity contribution >= 4 is 56.3 Å². The van der Waals surface area contributed by atoms with Gasteiger partial charge in [-0.05, 0) is 104 Å². The number of esters is 1. The van der Waals surface area contributed by atoms with Gasteiger partial charge in [-0.2, -0.15) is 4.31 Å². The number of aryl methyl sites for hydroxylation is 1. The van der Waals surface area contributed by atoms with Crippen molar-refractivity contribution in [3.8, 4) is 28.6 Å². The second-order valence-electron chi connectivity index (χ2n) is 19.7. The third kappa shape index (κ3) is 9.17. The van der Waals surface area contributed by atoms with Crippen molar-refractivity contribution in [3.05, 3.63) is 117 Å². The number of aromatic nitrogens is 2. The largest absolute Gasteiger partial charge is 0.508 e. The number of hydrogen-bond acceptors (Lipinski definition) is 14. The number of amidine groups is 1. The fraction of sp³-hybridized carbons (Fsp3) is 0.400. The number of sulfonamides is 1.